The number of ether oxygens (including phenoxy) is 1. The van der Waals surface area contributed by atoms with Gasteiger partial charge in [0.15, 0.2) is 0 Å². The highest BCUT2D eigenvalue weighted by Gasteiger charge is 2.26. The summed E-state index contributed by atoms with van der Waals surface area (Å²) in [6, 6.07) is 21.3. The predicted molar refractivity (Wildman–Crippen MR) is 154 cm³/mol. The van der Waals surface area contributed by atoms with E-state index in [1.54, 1.807) is 18.2 Å². The SMILES string of the molecule is Fc1cccc(Cn2c(N3CCC(Oc4ncnc5c(-c6cccc(F)c6)csc45)CC3)nc3ccccc32)c1. The number of para-hydroxylation sites is 2. The molecule has 0 unspecified atom stereocenters. The topological polar surface area (TPSA) is 56.1 Å². The van der Waals surface area contributed by atoms with Gasteiger partial charge in [-0.1, -0.05) is 36.4 Å². The molecule has 1 fully saturated rings. The number of hydrogen-bond donors (Lipinski definition) is 0. The Bertz CT molecular complexity index is 1830. The van der Waals surface area contributed by atoms with E-state index in [9.17, 15) is 8.78 Å². The highest BCUT2D eigenvalue weighted by Crippen LogP contribution is 2.37. The van der Waals surface area contributed by atoms with E-state index in [4.69, 9.17) is 9.72 Å². The fourth-order valence-electron chi connectivity index (χ4n) is 5.38. The van der Waals surface area contributed by atoms with E-state index in [-0.39, 0.29) is 17.7 Å². The molecule has 0 saturated carbocycles. The average molecular weight is 554 g/mol. The van der Waals surface area contributed by atoms with Crippen molar-refractivity contribution in [2.24, 2.45) is 0 Å². The number of anilines is 1. The molecule has 9 heteroatoms. The Labute approximate surface area is 233 Å². The van der Waals surface area contributed by atoms with Gasteiger partial charge in [-0.15, -0.1) is 11.3 Å². The van der Waals surface area contributed by atoms with Crippen LogP contribution in [0, 0.1) is 11.6 Å². The number of thiophene rings is 1. The zero-order chi connectivity index (χ0) is 27.1. The summed E-state index contributed by atoms with van der Waals surface area (Å²) in [5, 5.41) is 1.98. The Balaban J connectivity index is 1.10. The largest absolute Gasteiger partial charge is 0.473 e. The normalized spacial score (nSPS) is 14.3. The molecule has 6 nitrogen and oxygen atoms in total. The van der Waals surface area contributed by atoms with Gasteiger partial charge in [0.2, 0.25) is 11.8 Å². The average Bonchev–Trinajstić information content (AvgIpc) is 3.56. The molecule has 1 aliphatic rings. The van der Waals surface area contributed by atoms with Crippen molar-refractivity contribution in [3.8, 4) is 17.0 Å². The monoisotopic (exact) mass is 553 g/mol. The van der Waals surface area contributed by atoms with E-state index in [2.05, 4.69) is 25.5 Å². The van der Waals surface area contributed by atoms with Crippen LogP contribution in [0.25, 0.3) is 32.4 Å². The first-order chi connectivity index (χ1) is 19.6. The van der Waals surface area contributed by atoms with Crippen molar-refractivity contribution in [1.29, 1.82) is 0 Å². The molecule has 0 aliphatic carbocycles. The first-order valence-electron chi connectivity index (χ1n) is 13.2. The zero-order valence-corrected chi connectivity index (χ0v) is 22.3. The van der Waals surface area contributed by atoms with Crippen LogP contribution >= 0.6 is 11.3 Å². The quantitative estimate of drug-likeness (QED) is 0.221. The third-order valence-electron chi connectivity index (χ3n) is 7.32. The first kappa shape index (κ1) is 24.7. The van der Waals surface area contributed by atoms with Gasteiger partial charge in [0.1, 0.15) is 28.8 Å². The minimum atomic E-state index is -0.279. The molecule has 3 aromatic heterocycles. The van der Waals surface area contributed by atoms with Gasteiger partial charge in [-0.05, 0) is 47.5 Å². The van der Waals surface area contributed by atoms with Crippen LogP contribution < -0.4 is 9.64 Å². The molecule has 200 valence electrons. The number of fused-ring (bicyclic) bond motifs is 2. The molecule has 1 saturated heterocycles. The Morgan fingerprint density at radius 3 is 2.52 bits per heavy atom. The molecule has 3 aromatic carbocycles. The highest BCUT2D eigenvalue weighted by molar-refractivity contribution is 7.18. The summed E-state index contributed by atoms with van der Waals surface area (Å²) < 4.78 is 37.2. The van der Waals surface area contributed by atoms with Crippen molar-refractivity contribution in [1.82, 2.24) is 19.5 Å². The number of benzene rings is 3. The molecular weight excluding hydrogens is 528 g/mol. The van der Waals surface area contributed by atoms with Crippen LogP contribution in [0.2, 0.25) is 0 Å². The van der Waals surface area contributed by atoms with Crippen molar-refractivity contribution in [2.45, 2.75) is 25.5 Å². The number of nitrogens with zero attached hydrogens (tertiary/aromatic N) is 5. The van der Waals surface area contributed by atoms with Crippen molar-refractivity contribution in [3.63, 3.8) is 0 Å². The lowest BCUT2D eigenvalue weighted by molar-refractivity contribution is 0.166. The third kappa shape index (κ3) is 4.66. The molecule has 0 bridgehead atoms. The van der Waals surface area contributed by atoms with Crippen molar-refractivity contribution < 1.29 is 13.5 Å². The van der Waals surface area contributed by atoms with Gasteiger partial charge in [-0.25, -0.2) is 23.7 Å². The molecule has 4 heterocycles. The van der Waals surface area contributed by atoms with Crippen LogP contribution in [0.1, 0.15) is 18.4 Å². The maximum Gasteiger partial charge on any atom is 0.235 e. The Morgan fingerprint density at radius 1 is 0.900 bits per heavy atom. The second kappa shape index (κ2) is 10.3. The van der Waals surface area contributed by atoms with Crippen LogP contribution in [0.5, 0.6) is 5.88 Å². The molecule has 40 heavy (non-hydrogen) atoms. The lowest BCUT2D eigenvalue weighted by Crippen LogP contribution is -2.39. The number of rotatable bonds is 6. The summed E-state index contributed by atoms with van der Waals surface area (Å²) in [4.78, 5) is 16.1. The number of imidazole rings is 1. The van der Waals surface area contributed by atoms with E-state index >= 15 is 0 Å². The summed E-state index contributed by atoms with van der Waals surface area (Å²) in [6.45, 7) is 2.07. The van der Waals surface area contributed by atoms with Gasteiger partial charge in [0, 0.05) is 36.9 Å². The van der Waals surface area contributed by atoms with Crippen LogP contribution in [0.4, 0.5) is 14.7 Å². The van der Waals surface area contributed by atoms with E-state index in [0.717, 1.165) is 69.8 Å². The molecule has 0 spiro atoms. The van der Waals surface area contributed by atoms with E-state index in [1.165, 1.54) is 35.9 Å². The third-order valence-corrected chi connectivity index (χ3v) is 8.28. The summed E-state index contributed by atoms with van der Waals surface area (Å²) in [5.41, 5.74) is 5.26. The van der Waals surface area contributed by atoms with Gasteiger partial charge < -0.3 is 14.2 Å². The summed E-state index contributed by atoms with van der Waals surface area (Å²) in [5.74, 6) is 0.924. The second-order valence-electron chi connectivity index (χ2n) is 9.94. The van der Waals surface area contributed by atoms with Crippen LogP contribution in [-0.4, -0.2) is 38.7 Å². The van der Waals surface area contributed by atoms with Crippen molar-refractivity contribution >= 4 is 38.5 Å². The summed E-state index contributed by atoms with van der Waals surface area (Å²) in [7, 11) is 0. The number of aromatic nitrogens is 4. The molecule has 1 aliphatic heterocycles. The summed E-state index contributed by atoms with van der Waals surface area (Å²) >= 11 is 1.51. The predicted octanol–water partition coefficient (Wildman–Crippen LogP) is 7.08. The Hall–Kier alpha value is -4.37. The van der Waals surface area contributed by atoms with Gasteiger partial charge in [0.05, 0.1) is 23.1 Å². The highest BCUT2D eigenvalue weighted by atomic mass is 32.1. The molecule has 7 rings (SSSR count). The van der Waals surface area contributed by atoms with Crippen molar-refractivity contribution in [3.05, 3.63) is 102 Å². The van der Waals surface area contributed by atoms with E-state index in [1.807, 2.05) is 35.7 Å². The fraction of sp³-hybridized carbons (Fsp3) is 0.194. The molecule has 0 atom stereocenters. The van der Waals surface area contributed by atoms with Gasteiger partial charge in [-0.3, -0.25) is 0 Å². The molecule has 6 aromatic rings. The lowest BCUT2D eigenvalue weighted by atomic mass is 10.1. The number of hydrogen-bond acceptors (Lipinski definition) is 6. The second-order valence-corrected chi connectivity index (χ2v) is 10.8. The van der Waals surface area contributed by atoms with Crippen LogP contribution in [-0.2, 0) is 6.54 Å². The number of piperidine rings is 1. The zero-order valence-electron chi connectivity index (χ0n) is 21.5. The maximum atomic E-state index is 13.9. The van der Waals surface area contributed by atoms with Gasteiger partial charge >= 0.3 is 0 Å². The van der Waals surface area contributed by atoms with Crippen LogP contribution in [0.15, 0.2) is 84.5 Å². The van der Waals surface area contributed by atoms with Crippen molar-refractivity contribution in [2.75, 3.05) is 18.0 Å². The smallest absolute Gasteiger partial charge is 0.235 e. The van der Waals surface area contributed by atoms with E-state index < -0.39 is 0 Å². The fourth-order valence-corrected chi connectivity index (χ4v) is 6.34. The standard InChI is InChI=1S/C31H25F2N5OS/c32-22-7-3-5-20(15-22)17-38-27-10-2-1-9-26(27)36-31(38)37-13-11-24(12-14-37)39-30-29-28(34-19-35-30)25(18-40-29)21-6-4-8-23(33)16-21/h1-10,15-16,18-19,24H,11-14,17H2. The molecule has 0 radical (unpaired) electrons. The summed E-state index contributed by atoms with van der Waals surface area (Å²) in [6.07, 6.45) is 3.11. The molecular formula is C31H25F2N5OS. The van der Waals surface area contributed by atoms with E-state index in [0.29, 0.717) is 12.4 Å². The van der Waals surface area contributed by atoms with Gasteiger partial charge in [-0.2, -0.15) is 0 Å². The van der Waals surface area contributed by atoms with Gasteiger partial charge in [0.25, 0.3) is 0 Å². The lowest BCUT2D eigenvalue weighted by Gasteiger charge is -2.33. The van der Waals surface area contributed by atoms with Crippen LogP contribution in [0.3, 0.4) is 0 Å². The minimum absolute atomic E-state index is 0.00452. The Kier molecular flexibility index (Phi) is 6.36. The first-order valence-corrected chi connectivity index (χ1v) is 14.1. The minimum Gasteiger partial charge on any atom is -0.473 e. The molecule has 0 N–H and O–H groups in total. The molecule has 0 amide bonds. The Morgan fingerprint density at radius 2 is 1.70 bits per heavy atom. The number of halogens is 2. The maximum absolute atomic E-state index is 13.9.